The van der Waals surface area contributed by atoms with Crippen molar-refractivity contribution in [1.29, 1.82) is 0 Å². The summed E-state index contributed by atoms with van der Waals surface area (Å²) in [7, 11) is 0. The molecule has 2 rings (SSSR count). The molecule has 2 aromatic carbocycles. The van der Waals surface area contributed by atoms with E-state index in [0.717, 1.165) is 11.1 Å². The van der Waals surface area contributed by atoms with Crippen LogP contribution in [0.5, 0.6) is 5.75 Å². The fourth-order valence-electron chi connectivity index (χ4n) is 1.67. The number of halogens is 3. The quantitative estimate of drug-likeness (QED) is 0.658. The molecule has 0 amide bonds. The third-order valence-corrected chi connectivity index (χ3v) is 3.65. The highest BCUT2D eigenvalue weighted by atomic mass is 35.5. The first-order valence-electron chi connectivity index (χ1n) is 6.15. The number of hydrogen-bond acceptors (Lipinski definition) is 2. The minimum Gasteiger partial charge on any atom is -0.487 e. The molecule has 21 heavy (non-hydrogen) atoms. The zero-order chi connectivity index (χ0) is 15.2. The van der Waals surface area contributed by atoms with Crippen LogP contribution in [0.15, 0.2) is 36.4 Å². The fourth-order valence-corrected chi connectivity index (χ4v) is 2.26. The van der Waals surface area contributed by atoms with Gasteiger partial charge in [0.2, 0.25) is 0 Å². The summed E-state index contributed by atoms with van der Waals surface area (Å²) < 4.78 is 5.67. The van der Waals surface area contributed by atoms with Crippen LogP contribution in [-0.4, -0.2) is 6.54 Å². The van der Waals surface area contributed by atoms with Gasteiger partial charge in [-0.25, -0.2) is 0 Å². The van der Waals surface area contributed by atoms with Crippen LogP contribution in [0.2, 0.25) is 15.1 Å². The van der Waals surface area contributed by atoms with Gasteiger partial charge in [0.05, 0.1) is 21.6 Å². The monoisotopic (exact) mass is 339 g/mol. The van der Waals surface area contributed by atoms with Gasteiger partial charge in [0.15, 0.2) is 0 Å². The van der Waals surface area contributed by atoms with E-state index in [0.29, 0.717) is 34.0 Å². The van der Waals surface area contributed by atoms with Gasteiger partial charge in [-0.1, -0.05) is 58.8 Å². The molecule has 0 saturated carbocycles. The normalized spacial score (nSPS) is 9.90. The summed E-state index contributed by atoms with van der Waals surface area (Å²) in [6.45, 7) is 0.690. The van der Waals surface area contributed by atoms with Gasteiger partial charge in [-0.05, 0) is 23.8 Å². The Labute approximate surface area is 138 Å². The zero-order valence-electron chi connectivity index (χ0n) is 11.0. The summed E-state index contributed by atoms with van der Waals surface area (Å²) in [6, 6.07) is 10.9. The Morgan fingerprint density at radius 1 is 1.00 bits per heavy atom. The van der Waals surface area contributed by atoms with Crippen molar-refractivity contribution >= 4 is 34.8 Å². The van der Waals surface area contributed by atoms with Gasteiger partial charge in [-0.3, -0.25) is 0 Å². The van der Waals surface area contributed by atoms with E-state index >= 15 is 0 Å². The second-order valence-electron chi connectivity index (χ2n) is 4.19. The Balaban J connectivity index is 2.11. The third kappa shape index (κ3) is 4.56. The van der Waals surface area contributed by atoms with E-state index in [1.807, 2.05) is 24.3 Å². The number of ether oxygens (including phenoxy) is 1. The predicted molar refractivity (Wildman–Crippen MR) is 88.2 cm³/mol. The molecular formula is C16H12Cl3NO. The Kier molecular flexibility index (Phi) is 5.78. The largest absolute Gasteiger partial charge is 0.487 e. The minimum absolute atomic E-state index is 0.333. The van der Waals surface area contributed by atoms with Crippen LogP contribution in [0.1, 0.15) is 11.1 Å². The molecule has 0 aliphatic heterocycles. The van der Waals surface area contributed by atoms with Crippen LogP contribution in [0.3, 0.4) is 0 Å². The minimum atomic E-state index is 0.333. The highest BCUT2D eigenvalue weighted by molar-refractivity contribution is 6.43. The van der Waals surface area contributed by atoms with Gasteiger partial charge in [0.1, 0.15) is 12.4 Å². The van der Waals surface area contributed by atoms with Crippen molar-refractivity contribution in [3.63, 3.8) is 0 Å². The zero-order valence-corrected chi connectivity index (χ0v) is 13.3. The molecule has 0 fully saturated rings. The van der Waals surface area contributed by atoms with Crippen LogP contribution >= 0.6 is 34.8 Å². The van der Waals surface area contributed by atoms with Crippen molar-refractivity contribution in [3.05, 3.63) is 62.6 Å². The van der Waals surface area contributed by atoms with E-state index in [1.165, 1.54) is 0 Å². The van der Waals surface area contributed by atoms with E-state index in [2.05, 4.69) is 11.8 Å². The highest BCUT2D eigenvalue weighted by Crippen LogP contribution is 2.34. The summed E-state index contributed by atoms with van der Waals surface area (Å²) in [5, 5.41) is 1.22. The summed E-state index contributed by atoms with van der Waals surface area (Å²) in [4.78, 5) is 0. The van der Waals surface area contributed by atoms with E-state index < -0.39 is 0 Å². The molecule has 2 aromatic rings. The average Bonchev–Trinajstić information content (AvgIpc) is 2.48. The van der Waals surface area contributed by atoms with E-state index in [9.17, 15) is 0 Å². The second kappa shape index (κ2) is 7.59. The van der Waals surface area contributed by atoms with Gasteiger partial charge in [0.25, 0.3) is 0 Å². The number of rotatable bonds is 3. The Bertz CT molecular complexity index is 704. The molecule has 2 N–H and O–H groups in total. The molecule has 0 aliphatic carbocycles. The lowest BCUT2D eigenvalue weighted by atomic mass is 10.1. The summed E-state index contributed by atoms with van der Waals surface area (Å²) >= 11 is 17.9. The van der Waals surface area contributed by atoms with Crippen LogP contribution in [-0.2, 0) is 6.61 Å². The standard InChI is InChI=1S/C16H12Cl3NO/c17-13-8-15(19)16(9-14(13)18)21-10-12-4-1-3-11(7-12)5-2-6-20/h1,3-4,7-9H,6,10,20H2. The van der Waals surface area contributed by atoms with Crippen molar-refractivity contribution < 1.29 is 4.74 Å². The first-order chi connectivity index (χ1) is 10.1. The number of nitrogens with two attached hydrogens (primary N) is 1. The van der Waals surface area contributed by atoms with Crippen LogP contribution in [0.25, 0.3) is 0 Å². The molecule has 0 heterocycles. The molecule has 0 atom stereocenters. The molecule has 0 spiro atoms. The van der Waals surface area contributed by atoms with Crippen LogP contribution in [0, 0.1) is 11.8 Å². The lowest BCUT2D eigenvalue weighted by molar-refractivity contribution is 0.306. The van der Waals surface area contributed by atoms with Crippen molar-refractivity contribution in [2.75, 3.05) is 6.54 Å². The maximum Gasteiger partial charge on any atom is 0.139 e. The highest BCUT2D eigenvalue weighted by Gasteiger charge is 2.07. The van der Waals surface area contributed by atoms with E-state index in [-0.39, 0.29) is 0 Å². The van der Waals surface area contributed by atoms with Gasteiger partial charge < -0.3 is 10.5 Å². The smallest absolute Gasteiger partial charge is 0.139 e. The lowest BCUT2D eigenvalue weighted by Gasteiger charge is -2.09. The van der Waals surface area contributed by atoms with Gasteiger partial charge >= 0.3 is 0 Å². The first kappa shape index (κ1) is 16.0. The first-order valence-corrected chi connectivity index (χ1v) is 7.29. The maximum atomic E-state index is 6.06. The van der Waals surface area contributed by atoms with Gasteiger partial charge in [-0.15, -0.1) is 0 Å². The summed E-state index contributed by atoms with van der Waals surface area (Å²) in [5.41, 5.74) is 7.22. The van der Waals surface area contributed by atoms with Crippen molar-refractivity contribution in [2.24, 2.45) is 5.73 Å². The van der Waals surface area contributed by atoms with Crippen molar-refractivity contribution in [3.8, 4) is 17.6 Å². The Morgan fingerprint density at radius 3 is 2.52 bits per heavy atom. The number of benzene rings is 2. The predicted octanol–water partition coefficient (Wildman–Crippen LogP) is 4.54. The SMILES string of the molecule is NCC#Cc1cccc(COc2cc(Cl)c(Cl)cc2Cl)c1. The molecule has 0 bridgehead atoms. The molecule has 5 heteroatoms. The molecule has 0 aliphatic rings. The maximum absolute atomic E-state index is 6.06. The van der Waals surface area contributed by atoms with Crippen LogP contribution in [0.4, 0.5) is 0 Å². The van der Waals surface area contributed by atoms with E-state index in [1.54, 1.807) is 12.1 Å². The van der Waals surface area contributed by atoms with Crippen LogP contribution < -0.4 is 10.5 Å². The number of hydrogen-bond donors (Lipinski definition) is 1. The molecular weight excluding hydrogens is 329 g/mol. The lowest BCUT2D eigenvalue weighted by Crippen LogP contribution is -1.97. The summed E-state index contributed by atoms with van der Waals surface area (Å²) in [6.07, 6.45) is 0. The molecule has 2 nitrogen and oxygen atoms in total. The summed E-state index contributed by atoms with van der Waals surface area (Å²) in [5.74, 6) is 6.28. The molecule has 0 saturated heterocycles. The molecule has 0 unspecified atom stereocenters. The average molecular weight is 341 g/mol. The second-order valence-corrected chi connectivity index (χ2v) is 5.41. The van der Waals surface area contributed by atoms with E-state index in [4.69, 9.17) is 45.3 Å². The third-order valence-electron chi connectivity index (χ3n) is 2.63. The van der Waals surface area contributed by atoms with Crippen molar-refractivity contribution in [1.82, 2.24) is 0 Å². The molecule has 108 valence electrons. The molecule has 0 aromatic heterocycles. The van der Waals surface area contributed by atoms with Crippen molar-refractivity contribution in [2.45, 2.75) is 6.61 Å². The Morgan fingerprint density at radius 2 is 1.76 bits per heavy atom. The topological polar surface area (TPSA) is 35.2 Å². The van der Waals surface area contributed by atoms with Gasteiger partial charge in [-0.2, -0.15) is 0 Å². The fraction of sp³-hybridized carbons (Fsp3) is 0.125. The Hall–Kier alpha value is -1.37. The van der Waals surface area contributed by atoms with Gasteiger partial charge in [0, 0.05) is 11.6 Å². The molecule has 0 radical (unpaired) electrons.